The Morgan fingerprint density at radius 3 is 2.55 bits per heavy atom. The van der Waals surface area contributed by atoms with Gasteiger partial charge in [-0.1, -0.05) is 0 Å². The molecule has 1 N–H and O–H groups in total. The molecule has 0 aliphatic heterocycles. The number of rotatable bonds is 6. The zero-order valence-corrected chi connectivity index (χ0v) is 16.8. The molecule has 0 spiro atoms. The number of carbonyl (C=O) groups is 1. The van der Waals surface area contributed by atoms with Crippen molar-refractivity contribution in [1.82, 2.24) is 19.7 Å². The molecule has 0 fully saturated rings. The molecule has 2 aromatic heterocycles. The Morgan fingerprint density at radius 1 is 1.16 bits per heavy atom. The van der Waals surface area contributed by atoms with Crippen molar-refractivity contribution in [1.29, 1.82) is 0 Å². The number of fused-ring (bicyclic) bond motifs is 1. The van der Waals surface area contributed by atoms with Gasteiger partial charge in [0.2, 0.25) is 0 Å². The third-order valence-corrected chi connectivity index (χ3v) is 4.57. The zero-order chi connectivity index (χ0) is 22.0. The van der Waals surface area contributed by atoms with Gasteiger partial charge >= 0.3 is 5.97 Å². The summed E-state index contributed by atoms with van der Waals surface area (Å²) in [6.45, 7) is 3.61. The van der Waals surface area contributed by atoms with Gasteiger partial charge in [0, 0.05) is 5.56 Å². The maximum atomic E-state index is 13.2. The Morgan fingerprint density at radius 2 is 1.87 bits per heavy atom. The monoisotopic (exact) mass is 422 g/mol. The van der Waals surface area contributed by atoms with Gasteiger partial charge < -0.3 is 14.5 Å². The lowest BCUT2D eigenvalue weighted by atomic mass is 10.2. The molecular formula is C22H19FN4O4. The van der Waals surface area contributed by atoms with E-state index in [0.717, 1.165) is 0 Å². The van der Waals surface area contributed by atoms with Crippen molar-refractivity contribution in [3.05, 3.63) is 70.9 Å². The maximum absolute atomic E-state index is 13.2. The largest absolute Gasteiger partial charge is 0.479 e. The van der Waals surface area contributed by atoms with Crippen molar-refractivity contribution >= 4 is 17.0 Å². The summed E-state index contributed by atoms with van der Waals surface area (Å²) >= 11 is 0. The number of hydrogen-bond donors (Lipinski definition) is 1. The summed E-state index contributed by atoms with van der Waals surface area (Å²) in [4.78, 5) is 31.5. The quantitative estimate of drug-likeness (QED) is 0.479. The molecule has 0 amide bonds. The van der Waals surface area contributed by atoms with Gasteiger partial charge in [-0.3, -0.25) is 4.79 Å². The van der Waals surface area contributed by atoms with Gasteiger partial charge in [0.05, 0.1) is 18.5 Å². The van der Waals surface area contributed by atoms with Crippen LogP contribution in [0.5, 0.6) is 5.75 Å². The smallest absolute Gasteiger partial charge is 0.347 e. The number of H-pyrrole nitrogens is 1. The van der Waals surface area contributed by atoms with E-state index in [1.165, 1.54) is 23.0 Å². The number of halogens is 1. The number of aromatic amines is 1. The summed E-state index contributed by atoms with van der Waals surface area (Å²) in [5.74, 6) is -0.00111. The van der Waals surface area contributed by atoms with E-state index >= 15 is 0 Å². The summed E-state index contributed by atoms with van der Waals surface area (Å²) in [5, 5.41) is 4.53. The van der Waals surface area contributed by atoms with Crippen LogP contribution in [0.15, 0.2) is 59.5 Å². The number of nitrogens with one attached hydrogen (secondary N) is 1. The van der Waals surface area contributed by atoms with Gasteiger partial charge in [-0.05, 0) is 62.4 Å². The first-order chi connectivity index (χ1) is 15.0. The first-order valence-corrected chi connectivity index (χ1v) is 9.64. The van der Waals surface area contributed by atoms with E-state index in [2.05, 4.69) is 15.1 Å². The fourth-order valence-corrected chi connectivity index (χ4v) is 3.03. The third kappa shape index (κ3) is 4.16. The first-order valence-electron chi connectivity index (χ1n) is 9.64. The summed E-state index contributed by atoms with van der Waals surface area (Å²) in [5.41, 5.74) is 1.23. The molecule has 0 saturated carbocycles. The molecule has 4 rings (SSSR count). The van der Waals surface area contributed by atoms with E-state index in [4.69, 9.17) is 9.47 Å². The van der Waals surface area contributed by atoms with Gasteiger partial charge in [0.1, 0.15) is 22.8 Å². The Kier molecular flexibility index (Phi) is 5.48. The summed E-state index contributed by atoms with van der Waals surface area (Å²) < 4.78 is 25.2. The minimum Gasteiger partial charge on any atom is -0.479 e. The summed E-state index contributed by atoms with van der Waals surface area (Å²) in [6, 6.07) is 12.5. The molecule has 9 heteroatoms. The van der Waals surface area contributed by atoms with Gasteiger partial charge in [-0.2, -0.15) is 5.10 Å². The lowest BCUT2D eigenvalue weighted by molar-refractivity contribution is -0.150. The van der Waals surface area contributed by atoms with Crippen LogP contribution in [0.1, 0.15) is 13.8 Å². The second-order valence-electron chi connectivity index (χ2n) is 6.72. The molecule has 2 aromatic carbocycles. The predicted molar refractivity (Wildman–Crippen MR) is 112 cm³/mol. The van der Waals surface area contributed by atoms with E-state index < -0.39 is 12.1 Å². The molecule has 8 nitrogen and oxygen atoms in total. The van der Waals surface area contributed by atoms with E-state index in [-0.39, 0.29) is 18.0 Å². The van der Waals surface area contributed by atoms with E-state index in [9.17, 15) is 14.0 Å². The molecule has 1 atom stereocenters. The molecule has 0 saturated heterocycles. The van der Waals surface area contributed by atoms with Crippen LogP contribution in [0.2, 0.25) is 0 Å². The maximum Gasteiger partial charge on any atom is 0.347 e. The number of nitrogens with zero attached hydrogens (tertiary/aromatic N) is 3. The molecule has 2 heterocycles. The highest BCUT2D eigenvalue weighted by Gasteiger charge is 2.16. The van der Waals surface area contributed by atoms with Crippen LogP contribution in [0, 0.1) is 5.82 Å². The Balaban J connectivity index is 1.65. The highest BCUT2D eigenvalue weighted by atomic mass is 19.1. The van der Waals surface area contributed by atoms with Crippen LogP contribution in [0.4, 0.5) is 4.39 Å². The van der Waals surface area contributed by atoms with Crippen LogP contribution in [0.25, 0.3) is 28.1 Å². The summed E-state index contributed by atoms with van der Waals surface area (Å²) in [6.07, 6.45) is 0.673. The van der Waals surface area contributed by atoms with Crippen LogP contribution < -0.4 is 10.3 Å². The van der Waals surface area contributed by atoms with Crippen molar-refractivity contribution < 1.29 is 18.7 Å². The average molecular weight is 422 g/mol. The normalized spacial score (nSPS) is 12.0. The average Bonchev–Trinajstić information content (AvgIpc) is 3.19. The third-order valence-electron chi connectivity index (χ3n) is 4.57. The SMILES string of the molecule is CCOC(=O)C(C)Oc1ccc(-c2nc3c(cnn3-c3ccc(F)cc3)c(=O)[nH]2)cc1. The minimum absolute atomic E-state index is 0.279. The van der Waals surface area contributed by atoms with Crippen molar-refractivity contribution in [2.45, 2.75) is 20.0 Å². The van der Waals surface area contributed by atoms with Gasteiger partial charge in [-0.15, -0.1) is 0 Å². The topological polar surface area (TPSA) is 99.1 Å². The molecule has 4 aromatic rings. The van der Waals surface area contributed by atoms with E-state index in [1.807, 2.05) is 0 Å². The minimum atomic E-state index is -0.745. The van der Waals surface area contributed by atoms with E-state index in [0.29, 0.717) is 33.9 Å². The fourth-order valence-electron chi connectivity index (χ4n) is 3.03. The van der Waals surface area contributed by atoms with Gasteiger partial charge in [0.15, 0.2) is 11.8 Å². The highest BCUT2D eigenvalue weighted by Crippen LogP contribution is 2.22. The van der Waals surface area contributed by atoms with Crippen LogP contribution in [0.3, 0.4) is 0 Å². The van der Waals surface area contributed by atoms with Crippen LogP contribution in [-0.2, 0) is 9.53 Å². The highest BCUT2D eigenvalue weighted by molar-refractivity contribution is 5.77. The number of hydrogen-bond acceptors (Lipinski definition) is 6. The molecule has 1 unspecified atom stereocenters. The van der Waals surface area contributed by atoms with Crippen molar-refractivity contribution in [2.24, 2.45) is 0 Å². The van der Waals surface area contributed by atoms with Gasteiger partial charge in [-0.25, -0.2) is 18.9 Å². The molecule has 0 aliphatic carbocycles. The number of aromatic nitrogens is 4. The second kappa shape index (κ2) is 8.39. The molecule has 0 bridgehead atoms. The van der Waals surface area contributed by atoms with Crippen molar-refractivity contribution in [2.75, 3.05) is 6.61 Å². The Hall–Kier alpha value is -4.01. The fraction of sp³-hybridized carbons (Fsp3) is 0.182. The number of benzene rings is 2. The Bertz CT molecular complexity index is 1280. The molecule has 0 aliphatic rings. The van der Waals surface area contributed by atoms with E-state index in [1.54, 1.807) is 50.2 Å². The zero-order valence-electron chi connectivity index (χ0n) is 16.8. The summed E-state index contributed by atoms with van der Waals surface area (Å²) in [7, 11) is 0. The first kappa shape index (κ1) is 20.3. The lowest BCUT2D eigenvalue weighted by Gasteiger charge is -2.13. The molecule has 158 valence electrons. The molecule has 31 heavy (non-hydrogen) atoms. The number of esters is 1. The van der Waals surface area contributed by atoms with Crippen molar-refractivity contribution in [3.8, 4) is 22.8 Å². The van der Waals surface area contributed by atoms with Crippen LogP contribution >= 0.6 is 0 Å². The number of ether oxygens (including phenoxy) is 2. The van der Waals surface area contributed by atoms with Crippen molar-refractivity contribution in [3.63, 3.8) is 0 Å². The lowest BCUT2D eigenvalue weighted by Crippen LogP contribution is -2.26. The molecular weight excluding hydrogens is 403 g/mol. The van der Waals surface area contributed by atoms with Gasteiger partial charge in [0.25, 0.3) is 5.56 Å². The molecule has 0 radical (unpaired) electrons. The standard InChI is InChI=1S/C22H19FN4O4/c1-3-30-22(29)13(2)31-17-10-4-14(5-11-17)19-25-20-18(21(28)26-19)12-24-27(20)16-8-6-15(23)7-9-16/h4-13H,3H2,1-2H3,(H,25,26,28). The predicted octanol–water partition coefficient (Wildman–Crippen LogP) is 3.25. The second-order valence-corrected chi connectivity index (χ2v) is 6.72. The number of carbonyl (C=O) groups excluding carboxylic acids is 1. The Labute approximate surface area is 176 Å². The van der Waals surface area contributed by atoms with Crippen LogP contribution in [-0.4, -0.2) is 38.4 Å².